The average molecular weight is 427 g/mol. The van der Waals surface area contributed by atoms with Crippen LogP contribution in [0.25, 0.3) is 0 Å². The Morgan fingerprint density at radius 3 is 1.83 bits per heavy atom. The van der Waals surface area contributed by atoms with E-state index in [1.54, 1.807) is 6.26 Å². The van der Waals surface area contributed by atoms with E-state index in [0.717, 1.165) is 31.6 Å². The van der Waals surface area contributed by atoms with Crippen LogP contribution in [-0.2, 0) is 25.9 Å². The quantitative estimate of drug-likeness (QED) is 0.570. The number of aromatic nitrogens is 6. The molecule has 170 valence electrons. The van der Waals surface area contributed by atoms with Gasteiger partial charge in [-0.1, -0.05) is 73.2 Å². The molecule has 0 aliphatic heterocycles. The standard InChI is InChI=1S/2C10H19N3.CH4S.CH4/c1-8(2)5-10-6-11-12-13(10)7-9(3)4;1-8(2)5-10-7-13(12-11-10)6-9(3)4;1-2;/h6,8-9H,5,7H2,1-4H3;7-9H,5-6H2,1-4H3;2H,1H3;1H4. The summed E-state index contributed by atoms with van der Waals surface area (Å²) in [4.78, 5) is 0. The number of nitrogens with zero attached hydrogens (tertiary/aromatic N) is 6. The van der Waals surface area contributed by atoms with Gasteiger partial charge in [-0.25, -0.2) is 4.68 Å². The third-order valence-electron chi connectivity index (χ3n) is 3.61. The summed E-state index contributed by atoms with van der Waals surface area (Å²) in [5, 5.41) is 16.2. The first-order valence-electron chi connectivity index (χ1n) is 10.4. The maximum absolute atomic E-state index is 4.12. The van der Waals surface area contributed by atoms with Crippen LogP contribution in [0, 0.1) is 23.7 Å². The van der Waals surface area contributed by atoms with Gasteiger partial charge in [-0.3, -0.25) is 4.68 Å². The van der Waals surface area contributed by atoms with E-state index < -0.39 is 0 Å². The van der Waals surface area contributed by atoms with Crippen LogP contribution in [0.15, 0.2) is 12.4 Å². The number of hydrogen-bond donors (Lipinski definition) is 1. The van der Waals surface area contributed by atoms with Crippen LogP contribution < -0.4 is 0 Å². The highest BCUT2D eigenvalue weighted by molar-refractivity contribution is 7.79. The van der Waals surface area contributed by atoms with Crippen molar-refractivity contribution in [1.29, 1.82) is 0 Å². The van der Waals surface area contributed by atoms with Crippen LogP contribution in [-0.4, -0.2) is 36.2 Å². The lowest BCUT2D eigenvalue weighted by atomic mass is 10.1. The Labute approximate surface area is 185 Å². The van der Waals surface area contributed by atoms with Gasteiger partial charge < -0.3 is 0 Å². The first kappa shape index (κ1) is 29.8. The van der Waals surface area contributed by atoms with E-state index in [1.165, 1.54) is 5.69 Å². The minimum Gasteiger partial charge on any atom is -0.252 e. The van der Waals surface area contributed by atoms with Crippen LogP contribution in [0.1, 0.15) is 74.2 Å². The minimum atomic E-state index is 0. The van der Waals surface area contributed by atoms with Crippen molar-refractivity contribution in [1.82, 2.24) is 30.0 Å². The number of rotatable bonds is 8. The lowest BCUT2D eigenvalue weighted by Crippen LogP contribution is -2.11. The summed E-state index contributed by atoms with van der Waals surface area (Å²) in [7, 11) is 0. The van der Waals surface area contributed by atoms with Crippen LogP contribution in [0.5, 0.6) is 0 Å². The van der Waals surface area contributed by atoms with Gasteiger partial charge in [-0.2, -0.15) is 12.6 Å². The first-order valence-corrected chi connectivity index (χ1v) is 11.3. The third-order valence-corrected chi connectivity index (χ3v) is 3.61. The molecule has 0 aliphatic rings. The van der Waals surface area contributed by atoms with Gasteiger partial charge in [0.1, 0.15) is 0 Å². The van der Waals surface area contributed by atoms with Gasteiger partial charge in [0.05, 0.1) is 17.6 Å². The normalized spacial score (nSPS) is 10.6. The highest BCUT2D eigenvalue weighted by Crippen LogP contribution is 2.08. The molecule has 0 spiro atoms. The second kappa shape index (κ2) is 16.4. The molecule has 6 nitrogen and oxygen atoms in total. The molecule has 0 saturated heterocycles. The Bertz CT molecular complexity index is 567. The highest BCUT2D eigenvalue weighted by atomic mass is 32.1. The predicted molar refractivity (Wildman–Crippen MR) is 128 cm³/mol. The molecular formula is C22H46N6S. The smallest absolute Gasteiger partial charge is 0.0829 e. The van der Waals surface area contributed by atoms with Crippen LogP contribution >= 0.6 is 12.6 Å². The molecule has 0 fully saturated rings. The number of hydrogen-bond acceptors (Lipinski definition) is 5. The van der Waals surface area contributed by atoms with Crippen molar-refractivity contribution >= 4 is 12.6 Å². The predicted octanol–water partition coefficient (Wildman–Crippen LogP) is 5.45. The SMILES string of the molecule is C.CC(C)Cc1cn(CC(C)C)nn1.CC(C)Cc1cnnn1CC(C)C.CS. The Kier molecular flexibility index (Phi) is 16.9. The molecular weight excluding hydrogens is 380 g/mol. The van der Waals surface area contributed by atoms with Crippen molar-refractivity contribution in [2.24, 2.45) is 23.7 Å². The summed E-state index contributed by atoms with van der Waals surface area (Å²) in [6.07, 6.45) is 7.72. The summed E-state index contributed by atoms with van der Waals surface area (Å²) < 4.78 is 3.95. The molecule has 0 saturated carbocycles. The molecule has 0 aromatic carbocycles. The van der Waals surface area contributed by atoms with Crippen molar-refractivity contribution in [3.05, 3.63) is 23.8 Å². The molecule has 7 heteroatoms. The second-order valence-corrected chi connectivity index (χ2v) is 8.82. The molecule has 0 bridgehead atoms. The zero-order chi connectivity index (χ0) is 21.7. The fourth-order valence-corrected chi connectivity index (χ4v) is 2.67. The average Bonchev–Trinajstić information content (AvgIpc) is 3.18. The molecule has 0 amide bonds. The van der Waals surface area contributed by atoms with Crippen LogP contribution in [0.3, 0.4) is 0 Å². The highest BCUT2D eigenvalue weighted by Gasteiger charge is 2.07. The molecule has 2 aromatic rings. The van der Waals surface area contributed by atoms with Crippen molar-refractivity contribution in [3.8, 4) is 0 Å². The maximum atomic E-state index is 4.12. The molecule has 0 N–H and O–H groups in total. The van der Waals surface area contributed by atoms with E-state index in [-0.39, 0.29) is 7.43 Å². The topological polar surface area (TPSA) is 61.4 Å². The molecule has 0 atom stereocenters. The van der Waals surface area contributed by atoms with Crippen molar-refractivity contribution < 1.29 is 0 Å². The van der Waals surface area contributed by atoms with Crippen molar-refractivity contribution in [3.63, 3.8) is 0 Å². The van der Waals surface area contributed by atoms with Crippen molar-refractivity contribution in [2.75, 3.05) is 6.26 Å². The largest absolute Gasteiger partial charge is 0.252 e. The van der Waals surface area contributed by atoms with Gasteiger partial charge in [-0.15, -0.1) is 10.2 Å². The molecule has 0 radical (unpaired) electrons. The first-order chi connectivity index (χ1) is 13.2. The van der Waals surface area contributed by atoms with E-state index in [0.29, 0.717) is 23.7 Å². The monoisotopic (exact) mass is 426 g/mol. The molecule has 2 aromatic heterocycles. The van der Waals surface area contributed by atoms with E-state index >= 15 is 0 Å². The molecule has 2 heterocycles. The van der Waals surface area contributed by atoms with Crippen LogP contribution in [0.4, 0.5) is 0 Å². The third kappa shape index (κ3) is 14.3. The van der Waals surface area contributed by atoms with E-state index in [2.05, 4.69) is 94.8 Å². The van der Waals surface area contributed by atoms with Crippen LogP contribution in [0.2, 0.25) is 0 Å². The van der Waals surface area contributed by atoms with Gasteiger partial charge in [0, 0.05) is 19.3 Å². The van der Waals surface area contributed by atoms with E-state index in [1.807, 2.05) is 15.6 Å². The van der Waals surface area contributed by atoms with Gasteiger partial charge in [0.25, 0.3) is 0 Å². The van der Waals surface area contributed by atoms with Gasteiger partial charge in [0.2, 0.25) is 0 Å². The summed E-state index contributed by atoms with van der Waals surface area (Å²) in [5.41, 5.74) is 2.36. The summed E-state index contributed by atoms with van der Waals surface area (Å²) in [6, 6.07) is 0. The van der Waals surface area contributed by atoms with Gasteiger partial charge in [-0.05, 0) is 42.8 Å². The minimum absolute atomic E-state index is 0. The molecule has 0 aliphatic carbocycles. The fourth-order valence-electron chi connectivity index (χ4n) is 2.67. The fraction of sp³-hybridized carbons (Fsp3) is 0.818. The Hall–Kier alpha value is -1.37. The zero-order valence-corrected chi connectivity index (χ0v) is 20.3. The zero-order valence-electron chi connectivity index (χ0n) is 19.4. The summed E-state index contributed by atoms with van der Waals surface area (Å²) in [6.45, 7) is 19.5. The number of thiol groups is 1. The van der Waals surface area contributed by atoms with E-state index in [9.17, 15) is 0 Å². The second-order valence-electron chi connectivity index (χ2n) is 8.82. The molecule has 29 heavy (non-hydrogen) atoms. The summed E-state index contributed by atoms with van der Waals surface area (Å²) in [5.74, 6) is 2.59. The van der Waals surface area contributed by atoms with Gasteiger partial charge >= 0.3 is 0 Å². The lowest BCUT2D eigenvalue weighted by Gasteiger charge is -2.09. The Morgan fingerprint density at radius 1 is 0.793 bits per heavy atom. The Balaban J connectivity index is 0. The van der Waals surface area contributed by atoms with E-state index in [4.69, 9.17) is 0 Å². The maximum Gasteiger partial charge on any atom is 0.0829 e. The van der Waals surface area contributed by atoms with Gasteiger partial charge in [0.15, 0.2) is 0 Å². The molecule has 2 rings (SSSR count). The Morgan fingerprint density at radius 2 is 1.34 bits per heavy atom. The lowest BCUT2D eigenvalue weighted by molar-refractivity contribution is 0.449. The molecule has 0 unspecified atom stereocenters. The summed E-state index contributed by atoms with van der Waals surface area (Å²) >= 11 is 3.53. The van der Waals surface area contributed by atoms with Crippen molar-refractivity contribution in [2.45, 2.75) is 88.7 Å².